The van der Waals surface area contributed by atoms with Crippen molar-refractivity contribution >= 4 is 28.4 Å². The molecule has 0 radical (unpaired) electrons. The van der Waals surface area contributed by atoms with Crippen molar-refractivity contribution in [2.45, 2.75) is 31.7 Å². The normalized spacial score (nSPS) is 16.9. The highest BCUT2D eigenvalue weighted by atomic mass is 19.3. The third kappa shape index (κ3) is 4.55. The first-order chi connectivity index (χ1) is 17.8. The third-order valence-electron chi connectivity index (χ3n) is 6.91. The molecule has 0 amide bonds. The van der Waals surface area contributed by atoms with E-state index < -0.39 is 5.92 Å². The van der Waals surface area contributed by atoms with E-state index >= 15 is 0 Å². The van der Waals surface area contributed by atoms with Crippen LogP contribution >= 0.6 is 0 Å². The Kier molecular flexibility index (Phi) is 5.67. The largest absolute Gasteiger partial charge is 0.369 e. The lowest BCUT2D eigenvalue weighted by atomic mass is 10.2. The van der Waals surface area contributed by atoms with Gasteiger partial charge < -0.3 is 15.1 Å². The number of nitrogens with zero attached hydrogens (tertiary/aromatic N) is 7. The van der Waals surface area contributed by atoms with Crippen molar-refractivity contribution in [1.29, 1.82) is 0 Å². The molecule has 1 N–H and O–H groups in total. The van der Waals surface area contributed by atoms with E-state index in [4.69, 9.17) is 0 Å². The number of anilines is 3. The van der Waals surface area contributed by atoms with Crippen LogP contribution in [0.3, 0.4) is 0 Å². The predicted octanol–water partition coefficient (Wildman–Crippen LogP) is 3.92. The number of halogens is 2. The Morgan fingerprint density at radius 2 is 1.73 bits per heavy atom. The molecule has 0 bridgehead atoms. The maximum absolute atomic E-state index is 14.0. The van der Waals surface area contributed by atoms with Crippen LogP contribution in [-0.4, -0.2) is 62.4 Å². The van der Waals surface area contributed by atoms with Gasteiger partial charge in [-0.25, -0.2) is 19.3 Å². The van der Waals surface area contributed by atoms with Gasteiger partial charge in [0.05, 0.1) is 6.04 Å². The summed E-state index contributed by atoms with van der Waals surface area (Å²) in [6.45, 7) is 4.84. The molecule has 1 saturated carbocycles. The summed E-state index contributed by atoms with van der Waals surface area (Å²) in [5, 5.41) is 3.53. The Morgan fingerprint density at radius 1 is 1.00 bits per heavy atom. The number of fused-ring (bicyclic) bond motifs is 1. The minimum Gasteiger partial charge on any atom is -0.369 e. The van der Waals surface area contributed by atoms with Gasteiger partial charge in [-0.15, -0.1) is 0 Å². The number of hydrogen-bond acceptors (Lipinski definition) is 7. The Hall–Kier alpha value is -3.86. The topological polar surface area (TPSA) is 84.1 Å². The molecule has 2 fully saturated rings. The monoisotopic (exact) mass is 506 g/mol. The third-order valence-corrected chi connectivity index (χ3v) is 6.91. The first-order valence-corrected chi connectivity index (χ1v) is 12.4. The van der Waals surface area contributed by atoms with Crippen LogP contribution in [0, 0.1) is 0 Å². The van der Waals surface area contributed by atoms with Gasteiger partial charge in [-0.05, 0) is 56.3 Å². The predicted molar refractivity (Wildman–Crippen MR) is 138 cm³/mol. The van der Waals surface area contributed by atoms with E-state index in [-0.39, 0.29) is 23.1 Å². The van der Waals surface area contributed by atoms with Crippen LogP contribution in [0.25, 0.3) is 16.9 Å². The molecule has 37 heavy (non-hydrogen) atoms. The molecule has 1 saturated heterocycles. The number of piperazine rings is 1. The highest BCUT2D eigenvalue weighted by molar-refractivity contribution is 5.77. The summed E-state index contributed by atoms with van der Waals surface area (Å²) in [7, 11) is 2.13. The molecule has 1 aromatic carbocycles. The van der Waals surface area contributed by atoms with Crippen molar-refractivity contribution in [3.8, 4) is 5.82 Å². The number of rotatable bonds is 6. The van der Waals surface area contributed by atoms with Gasteiger partial charge in [0.25, 0.3) is 11.5 Å². The second-order valence-corrected chi connectivity index (χ2v) is 9.86. The molecule has 192 valence electrons. The van der Waals surface area contributed by atoms with Crippen molar-refractivity contribution in [2.75, 3.05) is 43.4 Å². The molecule has 0 unspecified atom stereocenters. The molecular formula is C26H28F2N8O. The average Bonchev–Trinajstić information content (AvgIpc) is 3.68. The van der Waals surface area contributed by atoms with E-state index in [2.05, 4.69) is 49.2 Å². The second-order valence-electron chi connectivity index (χ2n) is 9.86. The summed E-state index contributed by atoms with van der Waals surface area (Å²) >= 11 is 0. The number of pyridine rings is 1. The number of nitrogens with one attached hydrogen (secondary N) is 1. The fourth-order valence-corrected chi connectivity index (χ4v) is 4.66. The number of aromatic nitrogens is 5. The molecule has 4 heterocycles. The maximum Gasteiger partial charge on any atom is 0.287 e. The molecule has 2 aliphatic rings. The average molecular weight is 507 g/mol. The quantitative estimate of drug-likeness (QED) is 0.424. The van der Waals surface area contributed by atoms with Crippen molar-refractivity contribution in [3.63, 3.8) is 0 Å². The molecule has 0 atom stereocenters. The van der Waals surface area contributed by atoms with Crippen molar-refractivity contribution in [3.05, 3.63) is 64.7 Å². The lowest BCUT2D eigenvalue weighted by Crippen LogP contribution is -2.44. The fraction of sp³-hybridized carbons (Fsp3) is 0.385. The molecule has 1 aliphatic heterocycles. The summed E-state index contributed by atoms with van der Waals surface area (Å²) in [5.74, 6) is -2.58. The summed E-state index contributed by atoms with van der Waals surface area (Å²) in [4.78, 5) is 31.1. The zero-order valence-corrected chi connectivity index (χ0v) is 20.7. The minimum atomic E-state index is -3.11. The van der Waals surface area contributed by atoms with Crippen molar-refractivity contribution in [1.82, 2.24) is 29.2 Å². The van der Waals surface area contributed by atoms with Crippen LogP contribution in [0.4, 0.5) is 26.1 Å². The summed E-state index contributed by atoms with van der Waals surface area (Å²) in [6, 6.07) is 12.5. The van der Waals surface area contributed by atoms with E-state index in [0.717, 1.165) is 57.3 Å². The van der Waals surface area contributed by atoms with Crippen LogP contribution in [0.5, 0.6) is 0 Å². The van der Waals surface area contributed by atoms with Gasteiger partial charge in [0, 0.05) is 50.7 Å². The van der Waals surface area contributed by atoms with Crippen LogP contribution in [0.1, 0.15) is 31.5 Å². The van der Waals surface area contributed by atoms with E-state index in [1.54, 1.807) is 15.4 Å². The fourth-order valence-electron chi connectivity index (χ4n) is 4.66. The van der Waals surface area contributed by atoms with Gasteiger partial charge in [0.15, 0.2) is 11.5 Å². The van der Waals surface area contributed by atoms with Crippen LogP contribution in [0.15, 0.2) is 53.5 Å². The Labute approximate surface area is 212 Å². The molecule has 6 rings (SSSR count). The summed E-state index contributed by atoms with van der Waals surface area (Å²) in [6.07, 6.45) is 3.15. The minimum absolute atomic E-state index is 0.0205. The molecule has 0 spiro atoms. The highest BCUT2D eigenvalue weighted by Crippen LogP contribution is 2.36. The molecular weight excluding hydrogens is 478 g/mol. The molecule has 1 aliphatic carbocycles. The SMILES string of the molecule is CN1CCN(c2ccc(Nc3ncc4c(=O)n(C5CC5)n(-c5cccc(C(C)(F)F)n5)c4n3)cc2)CC1. The lowest BCUT2D eigenvalue weighted by Gasteiger charge is -2.34. The van der Waals surface area contributed by atoms with Gasteiger partial charge >= 0.3 is 0 Å². The van der Waals surface area contributed by atoms with Gasteiger partial charge in [0.2, 0.25) is 5.95 Å². The number of benzene rings is 1. The van der Waals surface area contributed by atoms with E-state index in [0.29, 0.717) is 17.0 Å². The van der Waals surface area contributed by atoms with Gasteiger partial charge in [-0.2, -0.15) is 13.8 Å². The van der Waals surface area contributed by atoms with Gasteiger partial charge in [0.1, 0.15) is 11.1 Å². The van der Waals surface area contributed by atoms with Crippen LogP contribution < -0.4 is 15.8 Å². The maximum atomic E-state index is 14.0. The van der Waals surface area contributed by atoms with Gasteiger partial charge in [-0.1, -0.05) is 6.07 Å². The highest BCUT2D eigenvalue weighted by Gasteiger charge is 2.32. The van der Waals surface area contributed by atoms with E-state index in [1.165, 1.54) is 18.3 Å². The smallest absolute Gasteiger partial charge is 0.287 e. The van der Waals surface area contributed by atoms with Crippen molar-refractivity contribution in [2.24, 2.45) is 0 Å². The zero-order chi connectivity index (χ0) is 25.7. The number of likely N-dealkylation sites (N-methyl/N-ethyl adjacent to an activating group) is 1. The lowest BCUT2D eigenvalue weighted by molar-refractivity contribution is 0.0127. The van der Waals surface area contributed by atoms with E-state index in [1.807, 2.05) is 12.1 Å². The second kappa shape index (κ2) is 8.91. The molecule has 9 nitrogen and oxygen atoms in total. The summed E-state index contributed by atoms with van der Waals surface area (Å²) in [5.41, 5.74) is 1.67. The van der Waals surface area contributed by atoms with Crippen LogP contribution in [-0.2, 0) is 5.92 Å². The Bertz CT molecular complexity index is 1500. The Balaban J connectivity index is 1.35. The Morgan fingerprint density at radius 3 is 2.41 bits per heavy atom. The van der Waals surface area contributed by atoms with E-state index in [9.17, 15) is 13.6 Å². The molecule has 11 heteroatoms. The first-order valence-electron chi connectivity index (χ1n) is 12.4. The number of alkyl halides is 2. The standard InChI is InChI=1S/C26H28F2N8O/c1-26(27,28)21-4-3-5-22(31-21)36-23-20(24(37)35(36)19-10-11-19)16-29-25(32-23)30-17-6-8-18(9-7-17)34-14-12-33(2)13-15-34/h3-9,16,19H,10-15H2,1-2H3,(H,29,30,32). The zero-order valence-electron chi connectivity index (χ0n) is 20.7. The summed E-state index contributed by atoms with van der Waals surface area (Å²) < 4.78 is 31.2. The first kappa shape index (κ1) is 23.5. The molecule has 4 aromatic rings. The van der Waals surface area contributed by atoms with Crippen LogP contribution in [0.2, 0.25) is 0 Å². The van der Waals surface area contributed by atoms with Gasteiger partial charge in [-0.3, -0.25) is 4.79 Å². The van der Waals surface area contributed by atoms with Crippen molar-refractivity contribution < 1.29 is 8.78 Å². The number of hydrogen-bond donors (Lipinski definition) is 1. The molecule has 3 aromatic heterocycles.